The molecule has 1 heterocycles. The third kappa shape index (κ3) is 6.20. The summed E-state index contributed by atoms with van der Waals surface area (Å²) in [4.78, 5) is 39.6. The molecule has 0 bridgehead atoms. The van der Waals surface area contributed by atoms with E-state index in [1.807, 2.05) is 6.07 Å². The van der Waals surface area contributed by atoms with Crippen LogP contribution in [-0.2, 0) is 4.79 Å². The topological polar surface area (TPSA) is 180 Å². The number of para-hydroxylation sites is 1. The molecule has 0 saturated carbocycles. The number of aromatic hydroxyl groups is 1. The fourth-order valence-corrected chi connectivity index (χ4v) is 2.93. The summed E-state index contributed by atoms with van der Waals surface area (Å²) in [6.07, 6.45) is 2.87. The maximum absolute atomic E-state index is 12.3. The van der Waals surface area contributed by atoms with Crippen LogP contribution in [0.2, 0.25) is 0 Å². The summed E-state index contributed by atoms with van der Waals surface area (Å²) >= 11 is 0. The van der Waals surface area contributed by atoms with Crippen LogP contribution in [0.25, 0.3) is 12.2 Å². The van der Waals surface area contributed by atoms with Gasteiger partial charge in [0.1, 0.15) is 11.9 Å². The minimum atomic E-state index is -1.09. The molecule has 0 unspecified atom stereocenters. The van der Waals surface area contributed by atoms with Crippen molar-refractivity contribution in [3.05, 3.63) is 79.9 Å². The number of nitro groups is 1. The average molecular weight is 477 g/mol. The van der Waals surface area contributed by atoms with E-state index in [1.54, 1.807) is 49.4 Å². The van der Waals surface area contributed by atoms with Gasteiger partial charge in [0, 0.05) is 0 Å². The lowest BCUT2D eigenvalue weighted by molar-refractivity contribution is -0.387. The number of anilines is 1. The average Bonchev–Trinajstić information content (AvgIpc) is 2.82. The molecule has 0 atom stereocenters. The molecule has 3 N–H and O–H groups in total. The van der Waals surface area contributed by atoms with Crippen molar-refractivity contribution in [3.63, 3.8) is 0 Å². The smallest absolute Gasteiger partial charge is 0.395 e. The first-order valence-corrected chi connectivity index (χ1v) is 10.2. The van der Waals surface area contributed by atoms with Crippen LogP contribution in [-0.4, -0.2) is 39.1 Å². The van der Waals surface area contributed by atoms with Gasteiger partial charge in [-0.25, -0.2) is 0 Å². The van der Waals surface area contributed by atoms with E-state index in [0.29, 0.717) is 34.9 Å². The third-order valence-electron chi connectivity index (χ3n) is 4.46. The Bertz CT molecular complexity index is 1390. The Morgan fingerprint density at radius 3 is 2.71 bits per heavy atom. The lowest BCUT2D eigenvalue weighted by Crippen LogP contribution is -2.21. The normalized spacial score (nSPS) is 10.5. The molecule has 1 aromatic heterocycles. The minimum absolute atomic E-state index is 0.0919. The Morgan fingerprint density at radius 2 is 2.03 bits per heavy atom. The highest BCUT2D eigenvalue weighted by molar-refractivity contribution is 5.93. The predicted octanol–water partition coefficient (Wildman–Crippen LogP) is 2.84. The molecular formula is C23H19N5O7. The van der Waals surface area contributed by atoms with Gasteiger partial charge in [-0.1, -0.05) is 24.3 Å². The molecule has 0 radical (unpaired) electrons. The highest BCUT2D eigenvalue weighted by Crippen LogP contribution is 2.29. The minimum Gasteiger partial charge on any atom is -0.490 e. The lowest BCUT2D eigenvalue weighted by atomic mass is 10.2. The lowest BCUT2D eigenvalue weighted by Gasteiger charge is -2.13. The Morgan fingerprint density at radius 1 is 1.26 bits per heavy atom. The van der Waals surface area contributed by atoms with Gasteiger partial charge in [0.25, 0.3) is 11.8 Å². The molecule has 3 rings (SSSR count). The molecule has 1 amide bonds. The van der Waals surface area contributed by atoms with Crippen LogP contribution in [0.3, 0.4) is 0 Å². The number of hydrogen-bond donors (Lipinski definition) is 3. The number of aromatic amines is 1. The molecule has 12 nitrogen and oxygen atoms in total. The summed E-state index contributed by atoms with van der Waals surface area (Å²) in [5.74, 6) is -0.911. The van der Waals surface area contributed by atoms with E-state index in [0.717, 1.165) is 0 Å². The summed E-state index contributed by atoms with van der Waals surface area (Å²) in [6.45, 7) is 1.75. The van der Waals surface area contributed by atoms with Crippen LogP contribution in [0.1, 0.15) is 23.9 Å². The quantitative estimate of drug-likeness (QED) is 0.308. The van der Waals surface area contributed by atoms with E-state index in [9.17, 15) is 24.8 Å². The maximum atomic E-state index is 12.3. The van der Waals surface area contributed by atoms with Gasteiger partial charge in [0.15, 0.2) is 18.1 Å². The van der Waals surface area contributed by atoms with Gasteiger partial charge >= 0.3 is 11.2 Å². The Balaban J connectivity index is 1.73. The number of nitrogens with one attached hydrogen (secondary N) is 2. The van der Waals surface area contributed by atoms with E-state index in [1.165, 1.54) is 12.2 Å². The van der Waals surface area contributed by atoms with Crippen molar-refractivity contribution in [2.75, 3.05) is 18.5 Å². The van der Waals surface area contributed by atoms with E-state index >= 15 is 0 Å². The van der Waals surface area contributed by atoms with Gasteiger partial charge in [-0.05, 0) is 42.8 Å². The van der Waals surface area contributed by atoms with Crippen molar-refractivity contribution in [3.8, 4) is 23.4 Å². The van der Waals surface area contributed by atoms with E-state index in [4.69, 9.17) is 14.7 Å². The summed E-state index contributed by atoms with van der Waals surface area (Å²) in [7, 11) is 0. The standard InChI is InChI=1S/C23H19N5O7/c1-2-34-18-11-14(8-10-19-26-22(30)21(28(32)33)23(31)27-19)7-9-17(18)35-13-20(29)25-16-6-4-3-5-15(16)12-24/h3-11H,2,13H2,1H3,(H,25,29)(H2,26,27,30,31)/b10-8+. The molecule has 0 spiro atoms. The van der Waals surface area contributed by atoms with E-state index in [2.05, 4.69) is 15.3 Å². The number of hydrogen-bond acceptors (Lipinski definition) is 9. The van der Waals surface area contributed by atoms with Gasteiger partial charge in [-0.2, -0.15) is 10.2 Å². The van der Waals surface area contributed by atoms with Crippen molar-refractivity contribution in [1.82, 2.24) is 9.97 Å². The van der Waals surface area contributed by atoms with Crippen LogP contribution in [0.4, 0.5) is 11.4 Å². The number of carbonyl (C=O) groups is 1. The first-order valence-electron chi connectivity index (χ1n) is 10.2. The van der Waals surface area contributed by atoms with Crippen LogP contribution < -0.4 is 20.3 Å². The zero-order chi connectivity index (χ0) is 25.4. The van der Waals surface area contributed by atoms with Gasteiger partial charge in [-0.3, -0.25) is 19.7 Å². The number of rotatable bonds is 9. The summed E-state index contributed by atoms with van der Waals surface area (Å²) in [6, 6.07) is 13.4. The fourth-order valence-electron chi connectivity index (χ4n) is 2.93. The van der Waals surface area contributed by atoms with E-state index in [-0.39, 0.29) is 12.4 Å². The molecule has 12 heteroatoms. The molecule has 0 fully saturated rings. The molecule has 2 aromatic carbocycles. The zero-order valence-electron chi connectivity index (χ0n) is 18.3. The Kier molecular flexibility index (Phi) is 7.76. The second kappa shape index (κ2) is 11.1. The number of amides is 1. The first kappa shape index (κ1) is 24.5. The van der Waals surface area contributed by atoms with E-state index < -0.39 is 28.0 Å². The first-order chi connectivity index (χ1) is 16.8. The zero-order valence-corrected chi connectivity index (χ0v) is 18.3. The molecule has 178 valence electrons. The number of carbonyl (C=O) groups excluding carboxylic acids is 1. The number of aromatic nitrogens is 2. The molecule has 0 saturated heterocycles. The SMILES string of the molecule is CCOc1cc(/C=C/c2nc(O)c([N+](=O)[O-])c(=O)[nH]2)ccc1OCC(=O)Nc1ccccc1C#N. The van der Waals surface area contributed by atoms with Crippen LogP contribution in [0.15, 0.2) is 47.3 Å². The molecule has 0 aliphatic carbocycles. The third-order valence-corrected chi connectivity index (χ3v) is 4.46. The van der Waals surface area contributed by atoms with Gasteiger partial charge < -0.3 is 24.9 Å². The van der Waals surface area contributed by atoms with Crippen molar-refractivity contribution >= 4 is 29.4 Å². The number of benzene rings is 2. The fraction of sp³-hybridized carbons (Fsp3) is 0.130. The van der Waals surface area contributed by atoms with Crippen molar-refractivity contribution in [2.45, 2.75) is 6.92 Å². The number of nitriles is 1. The van der Waals surface area contributed by atoms with Crippen LogP contribution in [0, 0.1) is 21.4 Å². The molecule has 0 aliphatic heterocycles. The number of H-pyrrole nitrogens is 1. The second-order valence-corrected chi connectivity index (χ2v) is 6.85. The van der Waals surface area contributed by atoms with Gasteiger partial charge in [0.05, 0.1) is 22.8 Å². The monoisotopic (exact) mass is 477 g/mol. The van der Waals surface area contributed by atoms with Gasteiger partial charge in [0.2, 0.25) is 0 Å². The van der Waals surface area contributed by atoms with Gasteiger partial charge in [-0.15, -0.1) is 0 Å². The van der Waals surface area contributed by atoms with Crippen molar-refractivity contribution in [1.29, 1.82) is 5.26 Å². The highest BCUT2D eigenvalue weighted by Gasteiger charge is 2.21. The van der Waals surface area contributed by atoms with Crippen molar-refractivity contribution < 1.29 is 24.3 Å². The summed E-state index contributed by atoms with van der Waals surface area (Å²) in [5.41, 5.74) is -0.838. The summed E-state index contributed by atoms with van der Waals surface area (Å²) < 4.78 is 11.2. The van der Waals surface area contributed by atoms with Crippen LogP contribution in [0.5, 0.6) is 17.4 Å². The molecule has 0 aliphatic rings. The predicted molar refractivity (Wildman–Crippen MR) is 125 cm³/mol. The van der Waals surface area contributed by atoms with Crippen LogP contribution >= 0.6 is 0 Å². The number of ether oxygens (including phenoxy) is 2. The molecular weight excluding hydrogens is 458 g/mol. The maximum Gasteiger partial charge on any atom is 0.395 e. The molecule has 3 aromatic rings. The highest BCUT2D eigenvalue weighted by atomic mass is 16.6. The summed E-state index contributed by atoms with van der Waals surface area (Å²) in [5, 5.41) is 32.1. The number of nitrogens with zero attached hydrogens (tertiary/aromatic N) is 3. The van der Waals surface area contributed by atoms with Crippen molar-refractivity contribution in [2.24, 2.45) is 0 Å². The Labute approximate surface area is 198 Å². The Hall–Kier alpha value is -5.18. The second-order valence-electron chi connectivity index (χ2n) is 6.85. The molecule has 35 heavy (non-hydrogen) atoms. The largest absolute Gasteiger partial charge is 0.490 e.